The highest BCUT2D eigenvalue weighted by molar-refractivity contribution is 5.71. The third kappa shape index (κ3) is 1.35. The topological polar surface area (TPSA) is 67.6 Å². The molecule has 0 saturated heterocycles. The van der Waals surface area contributed by atoms with Crippen LogP contribution in [0.25, 0.3) is 11.2 Å². The quantitative estimate of drug-likeness (QED) is 0.804. The molecule has 18 heavy (non-hydrogen) atoms. The van der Waals surface area contributed by atoms with Crippen LogP contribution in [0.3, 0.4) is 0 Å². The van der Waals surface area contributed by atoms with E-state index in [-0.39, 0.29) is 6.04 Å². The molecule has 2 aromatic rings. The second-order valence-electron chi connectivity index (χ2n) is 5.94. The summed E-state index contributed by atoms with van der Waals surface area (Å²) in [6.07, 6.45) is 5.77. The Morgan fingerprint density at radius 1 is 1.33 bits per heavy atom. The first-order valence-electron chi connectivity index (χ1n) is 6.80. The van der Waals surface area contributed by atoms with Crippen LogP contribution < -0.4 is 5.73 Å². The number of nitrogens with one attached hydrogen (secondary N) is 1. The zero-order valence-corrected chi connectivity index (χ0v) is 10.6. The first-order chi connectivity index (χ1) is 8.72. The van der Waals surface area contributed by atoms with Crippen LogP contribution in [0.5, 0.6) is 0 Å². The van der Waals surface area contributed by atoms with Crippen molar-refractivity contribution >= 4 is 11.2 Å². The average molecular weight is 242 g/mol. The Labute approximate surface area is 106 Å². The summed E-state index contributed by atoms with van der Waals surface area (Å²) in [5.41, 5.74) is 9.40. The maximum atomic E-state index is 6.37. The zero-order chi connectivity index (χ0) is 12.3. The van der Waals surface area contributed by atoms with E-state index in [0.717, 1.165) is 28.5 Å². The fourth-order valence-electron chi connectivity index (χ4n) is 3.92. The number of aromatic nitrogens is 3. The van der Waals surface area contributed by atoms with Crippen molar-refractivity contribution in [3.8, 4) is 0 Å². The molecule has 94 valence electrons. The van der Waals surface area contributed by atoms with Crippen LogP contribution in [0.4, 0.5) is 0 Å². The van der Waals surface area contributed by atoms with Gasteiger partial charge in [0, 0.05) is 18.2 Å². The molecule has 0 spiro atoms. The van der Waals surface area contributed by atoms with Crippen LogP contribution >= 0.6 is 0 Å². The lowest BCUT2D eigenvalue weighted by Gasteiger charge is -2.26. The average Bonchev–Trinajstić information content (AvgIpc) is 3.00. The predicted molar refractivity (Wildman–Crippen MR) is 70.2 cm³/mol. The van der Waals surface area contributed by atoms with Crippen molar-refractivity contribution in [2.75, 3.05) is 0 Å². The molecule has 0 aliphatic heterocycles. The summed E-state index contributed by atoms with van der Waals surface area (Å²) in [6, 6.07) is 2.39. The Hall–Kier alpha value is -1.42. The van der Waals surface area contributed by atoms with E-state index in [2.05, 4.69) is 27.9 Å². The van der Waals surface area contributed by atoms with Crippen molar-refractivity contribution in [3.63, 3.8) is 0 Å². The smallest absolute Gasteiger partial charge is 0.177 e. The number of aromatic amines is 1. The molecule has 4 heteroatoms. The minimum atomic E-state index is 0.283. The molecule has 0 aromatic carbocycles. The van der Waals surface area contributed by atoms with Crippen LogP contribution in [0.2, 0.25) is 0 Å². The number of pyridine rings is 1. The van der Waals surface area contributed by atoms with Gasteiger partial charge in [0.05, 0.1) is 5.52 Å². The molecular weight excluding hydrogens is 224 g/mol. The Balaban J connectivity index is 1.78. The van der Waals surface area contributed by atoms with E-state index in [1.807, 2.05) is 6.20 Å². The Morgan fingerprint density at radius 2 is 2.17 bits per heavy atom. The van der Waals surface area contributed by atoms with Crippen LogP contribution in [0.15, 0.2) is 12.3 Å². The van der Waals surface area contributed by atoms with Gasteiger partial charge in [-0.2, -0.15) is 0 Å². The van der Waals surface area contributed by atoms with E-state index in [1.54, 1.807) is 0 Å². The maximum Gasteiger partial charge on any atom is 0.177 e. The van der Waals surface area contributed by atoms with Crippen molar-refractivity contribution in [3.05, 3.63) is 23.7 Å². The van der Waals surface area contributed by atoms with E-state index in [0.29, 0.717) is 11.8 Å². The molecule has 3 N–H and O–H groups in total. The molecule has 0 radical (unpaired) electrons. The summed E-state index contributed by atoms with van der Waals surface area (Å²) in [7, 11) is 0. The van der Waals surface area contributed by atoms with Crippen molar-refractivity contribution in [2.45, 2.75) is 38.1 Å². The van der Waals surface area contributed by atoms with E-state index in [9.17, 15) is 0 Å². The molecule has 4 atom stereocenters. The lowest BCUT2D eigenvalue weighted by Crippen LogP contribution is -2.34. The molecule has 4 rings (SSSR count). The lowest BCUT2D eigenvalue weighted by molar-refractivity contribution is 0.356. The first kappa shape index (κ1) is 10.5. The fraction of sp³-hybridized carbons (Fsp3) is 0.571. The second-order valence-corrected chi connectivity index (χ2v) is 5.94. The molecular formula is C14H18N4. The largest absolute Gasteiger partial charge is 0.340 e. The number of nitrogens with two attached hydrogens (primary N) is 1. The van der Waals surface area contributed by atoms with Gasteiger partial charge < -0.3 is 10.7 Å². The normalized spacial score (nSPS) is 34.6. The SMILES string of the molecule is Cc1cnc2nc(C3C4CCC(C4)C3N)[nH]c2c1. The number of H-pyrrole nitrogens is 1. The minimum Gasteiger partial charge on any atom is -0.340 e. The van der Waals surface area contributed by atoms with Gasteiger partial charge in [-0.05, 0) is 49.7 Å². The summed E-state index contributed by atoms with van der Waals surface area (Å²) in [5.74, 6) is 2.91. The van der Waals surface area contributed by atoms with Crippen molar-refractivity contribution in [1.82, 2.24) is 15.0 Å². The van der Waals surface area contributed by atoms with Gasteiger partial charge >= 0.3 is 0 Å². The molecule has 4 nitrogen and oxygen atoms in total. The molecule has 0 amide bonds. The summed E-state index contributed by atoms with van der Waals surface area (Å²) in [5, 5.41) is 0. The highest BCUT2D eigenvalue weighted by Crippen LogP contribution is 2.51. The van der Waals surface area contributed by atoms with Gasteiger partial charge in [-0.3, -0.25) is 0 Å². The molecule has 2 fully saturated rings. The van der Waals surface area contributed by atoms with Gasteiger partial charge in [0.15, 0.2) is 5.65 Å². The summed E-state index contributed by atoms with van der Waals surface area (Å²) in [4.78, 5) is 12.5. The number of hydrogen-bond donors (Lipinski definition) is 2. The van der Waals surface area contributed by atoms with Gasteiger partial charge in [0.25, 0.3) is 0 Å². The van der Waals surface area contributed by atoms with Crippen molar-refractivity contribution in [1.29, 1.82) is 0 Å². The number of nitrogens with zero attached hydrogens (tertiary/aromatic N) is 2. The maximum absolute atomic E-state index is 6.37. The highest BCUT2D eigenvalue weighted by atomic mass is 15.0. The van der Waals surface area contributed by atoms with Gasteiger partial charge in [-0.15, -0.1) is 0 Å². The standard InChI is InChI=1S/C14H18N4/c1-7-4-10-13(16-6-7)18-14(17-10)11-8-2-3-9(5-8)12(11)15/h4,6,8-9,11-12H,2-3,5,15H2,1H3,(H,16,17,18). The van der Waals surface area contributed by atoms with Gasteiger partial charge in [-0.1, -0.05) is 0 Å². The van der Waals surface area contributed by atoms with E-state index >= 15 is 0 Å². The zero-order valence-electron chi connectivity index (χ0n) is 10.6. The molecule has 2 saturated carbocycles. The van der Waals surface area contributed by atoms with Crippen molar-refractivity contribution in [2.24, 2.45) is 17.6 Å². The van der Waals surface area contributed by atoms with E-state index in [4.69, 9.17) is 5.73 Å². The number of fused-ring (bicyclic) bond motifs is 3. The molecule has 2 bridgehead atoms. The summed E-state index contributed by atoms with van der Waals surface area (Å²) >= 11 is 0. The monoisotopic (exact) mass is 242 g/mol. The second kappa shape index (κ2) is 3.54. The Kier molecular flexibility index (Phi) is 2.07. The Morgan fingerprint density at radius 3 is 2.94 bits per heavy atom. The number of aryl methyl sites for hydroxylation is 1. The Bertz CT molecular complexity index is 601. The van der Waals surface area contributed by atoms with E-state index < -0.39 is 0 Å². The number of hydrogen-bond acceptors (Lipinski definition) is 3. The van der Waals surface area contributed by atoms with Gasteiger partial charge in [-0.25, -0.2) is 9.97 Å². The molecule has 2 aromatic heterocycles. The molecule has 4 unspecified atom stereocenters. The highest BCUT2D eigenvalue weighted by Gasteiger charge is 2.47. The number of imidazole rings is 1. The van der Waals surface area contributed by atoms with E-state index in [1.165, 1.54) is 19.3 Å². The molecule has 2 aliphatic rings. The molecule has 2 heterocycles. The fourth-order valence-corrected chi connectivity index (χ4v) is 3.92. The summed E-state index contributed by atoms with van der Waals surface area (Å²) < 4.78 is 0. The van der Waals surface area contributed by atoms with Gasteiger partial charge in [0.1, 0.15) is 5.82 Å². The number of rotatable bonds is 1. The van der Waals surface area contributed by atoms with Crippen LogP contribution in [-0.2, 0) is 0 Å². The first-order valence-corrected chi connectivity index (χ1v) is 6.80. The predicted octanol–water partition coefficient (Wildman–Crippen LogP) is 2.11. The minimum absolute atomic E-state index is 0.283. The van der Waals surface area contributed by atoms with Crippen molar-refractivity contribution < 1.29 is 0 Å². The van der Waals surface area contributed by atoms with Gasteiger partial charge in [0.2, 0.25) is 0 Å². The lowest BCUT2D eigenvalue weighted by atomic mass is 9.84. The van der Waals surface area contributed by atoms with Crippen LogP contribution in [0, 0.1) is 18.8 Å². The third-order valence-corrected chi connectivity index (χ3v) is 4.79. The third-order valence-electron chi connectivity index (χ3n) is 4.79. The van der Waals surface area contributed by atoms with Crippen LogP contribution in [0.1, 0.15) is 36.6 Å². The molecule has 2 aliphatic carbocycles. The summed E-state index contributed by atoms with van der Waals surface area (Å²) in [6.45, 7) is 2.05. The van der Waals surface area contributed by atoms with Crippen LogP contribution in [-0.4, -0.2) is 21.0 Å².